The molecule has 0 N–H and O–H groups in total. The van der Waals surface area contributed by atoms with Crippen LogP contribution in [0.5, 0.6) is 0 Å². The van der Waals surface area contributed by atoms with Crippen LogP contribution in [0.2, 0.25) is 0 Å². The summed E-state index contributed by atoms with van der Waals surface area (Å²) in [6.07, 6.45) is 9.22. The largest absolute Gasteiger partial charge is 0.330 e. The predicted molar refractivity (Wildman–Crippen MR) is 124 cm³/mol. The summed E-state index contributed by atoms with van der Waals surface area (Å²) in [5.41, 5.74) is 3.59. The summed E-state index contributed by atoms with van der Waals surface area (Å²) < 4.78 is 0. The second-order valence-corrected chi connectivity index (χ2v) is 8.67. The third-order valence-electron chi connectivity index (χ3n) is 6.52. The Morgan fingerprint density at radius 1 is 0.875 bits per heavy atom. The van der Waals surface area contributed by atoms with E-state index in [4.69, 9.17) is 4.98 Å². The Labute approximate surface area is 189 Å². The minimum Gasteiger partial charge on any atom is -0.330 e. The molecule has 3 aromatic rings. The maximum absolute atomic E-state index is 13.7. The molecule has 0 radical (unpaired) electrons. The molecule has 32 heavy (non-hydrogen) atoms. The van der Waals surface area contributed by atoms with Gasteiger partial charge < -0.3 is 4.90 Å². The number of hydrogen-bond donors (Lipinski definition) is 0. The van der Waals surface area contributed by atoms with Crippen LogP contribution >= 0.6 is 0 Å². The lowest BCUT2D eigenvalue weighted by atomic mass is 10.0. The zero-order chi connectivity index (χ0) is 21.8. The van der Waals surface area contributed by atoms with Crippen molar-refractivity contribution in [1.82, 2.24) is 24.8 Å². The van der Waals surface area contributed by atoms with Gasteiger partial charge in [0.05, 0.1) is 11.7 Å². The number of rotatable bonds is 5. The van der Waals surface area contributed by atoms with E-state index in [2.05, 4.69) is 20.9 Å². The molecule has 0 spiro atoms. The molecule has 2 aromatic heterocycles. The molecule has 164 valence electrons. The number of pyridine rings is 1. The third kappa shape index (κ3) is 4.41. The van der Waals surface area contributed by atoms with Gasteiger partial charge in [-0.2, -0.15) is 0 Å². The fourth-order valence-corrected chi connectivity index (χ4v) is 4.87. The van der Waals surface area contributed by atoms with Gasteiger partial charge in [0.2, 0.25) is 0 Å². The average Bonchev–Trinajstić information content (AvgIpc) is 3.35. The minimum absolute atomic E-state index is 0.0315. The first-order chi connectivity index (χ1) is 15.8. The quantitative estimate of drug-likeness (QED) is 0.600. The topological polar surface area (TPSA) is 62.2 Å². The van der Waals surface area contributed by atoms with Crippen molar-refractivity contribution in [3.05, 3.63) is 77.7 Å². The van der Waals surface area contributed by atoms with Crippen LogP contribution in [0.3, 0.4) is 0 Å². The molecule has 2 aliphatic rings. The maximum Gasteiger partial charge on any atom is 0.254 e. The number of nitrogens with zero attached hydrogens (tertiary/aromatic N) is 5. The van der Waals surface area contributed by atoms with Crippen LogP contribution in [-0.2, 0) is 6.54 Å². The van der Waals surface area contributed by atoms with Gasteiger partial charge in [-0.1, -0.05) is 30.7 Å². The summed E-state index contributed by atoms with van der Waals surface area (Å²) in [4.78, 5) is 31.7. The van der Waals surface area contributed by atoms with Crippen molar-refractivity contribution < 1.29 is 4.79 Å². The molecule has 2 saturated heterocycles. The van der Waals surface area contributed by atoms with Crippen molar-refractivity contribution >= 4 is 5.91 Å². The monoisotopic (exact) mass is 427 g/mol. The highest BCUT2D eigenvalue weighted by Gasteiger charge is 2.33. The summed E-state index contributed by atoms with van der Waals surface area (Å²) in [5.74, 6) is 0.714. The van der Waals surface area contributed by atoms with Gasteiger partial charge >= 0.3 is 0 Å². The Morgan fingerprint density at radius 3 is 2.56 bits per heavy atom. The summed E-state index contributed by atoms with van der Waals surface area (Å²) in [6, 6.07) is 15.7. The van der Waals surface area contributed by atoms with Crippen LogP contribution < -0.4 is 0 Å². The lowest BCUT2D eigenvalue weighted by molar-refractivity contribution is 0.0730. The van der Waals surface area contributed by atoms with Crippen LogP contribution in [0.15, 0.2) is 60.9 Å². The highest BCUT2D eigenvalue weighted by molar-refractivity contribution is 5.96. The van der Waals surface area contributed by atoms with Gasteiger partial charge in [0.1, 0.15) is 5.69 Å². The standard InChI is InChI=1S/C26H29N5O/c32-26(21-10-3-2-9-20(21)19-30-16-6-1-7-17-30)31-18-8-12-24(31)22-13-15-28-25(29-22)23-11-4-5-14-27-23/h2-5,9-11,13-15,24H,1,6-8,12,16-19H2/t24-/m1/s1. The fourth-order valence-electron chi connectivity index (χ4n) is 4.87. The molecule has 1 aromatic carbocycles. The number of likely N-dealkylation sites (tertiary alicyclic amines) is 2. The van der Waals surface area contributed by atoms with Crippen LogP contribution in [0.1, 0.15) is 59.8 Å². The van der Waals surface area contributed by atoms with Gasteiger partial charge in [-0.15, -0.1) is 0 Å². The van der Waals surface area contributed by atoms with Crippen molar-refractivity contribution in [2.75, 3.05) is 19.6 Å². The smallest absolute Gasteiger partial charge is 0.254 e. The minimum atomic E-state index is -0.0315. The lowest BCUT2D eigenvalue weighted by Crippen LogP contribution is -2.33. The van der Waals surface area contributed by atoms with Gasteiger partial charge in [-0.05, 0) is 68.6 Å². The van der Waals surface area contributed by atoms with Crippen molar-refractivity contribution in [2.24, 2.45) is 0 Å². The van der Waals surface area contributed by atoms with Gasteiger partial charge in [0, 0.05) is 31.0 Å². The Bertz CT molecular complexity index is 1060. The van der Waals surface area contributed by atoms with Gasteiger partial charge in [0.15, 0.2) is 5.82 Å². The van der Waals surface area contributed by atoms with Crippen LogP contribution in [-0.4, -0.2) is 50.3 Å². The van der Waals surface area contributed by atoms with Crippen LogP contribution in [0.4, 0.5) is 0 Å². The SMILES string of the molecule is O=C(c1ccccc1CN1CCCCC1)N1CCC[C@@H]1c1ccnc(-c2ccccn2)n1. The number of aromatic nitrogens is 3. The number of benzene rings is 1. The number of piperidine rings is 1. The molecule has 6 heteroatoms. The normalized spacial score (nSPS) is 19.2. The molecule has 0 unspecified atom stereocenters. The Kier molecular flexibility index (Phi) is 6.21. The van der Waals surface area contributed by atoms with E-state index in [0.29, 0.717) is 5.82 Å². The number of hydrogen-bond acceptors (Lipinski definition) is 5. The second kappa shape index (κ2) is 9.57. The summed E-state index contributed by atoms with van der Waals surface area (Å²) >= 11 is 0. The third-order valence-corrected chi connectivity index (χ3v) is 6.52. The van der Waals surface area contributed by atoms with Crippen molar-refractivity contribution in [3.63, 3.8) is 0 Å². The first kappa shape index (κ1) is 20.8. The molecule has 6 nitrogen and oxygen atoms in total. The number of carbonyl (C=O) groups excluding carboxylic acids is 1. The Balaban J connectivity index is 1.39. The highest BCUT2D eigenvalue weighted by Crippen LogP contribution is 2.33. The zero-order valence-electron chi connectivity index (χ0n) is 18.4. The van der Waals surface area contributed by atoms with Crippen molar-refractivity contribution in [1.29, 1.82) is 0 Å². The molecule has 0 aliphatic carbocycles. The van der Waals surface area contributed by atoms with Crippen molar-refractivity contribution in [3.8, 4) is 11.5 Å². The first-order valence-electron chi connectivity index (χ1n) is 11.7. The van der Waals surface area contributed by atoms with E-state index in [1.165, 1.54) is 19.3 Å². The van der Waals surface area contributed by atoms with E-state index in [9.17, 15) is 4.79 Å². The first-order valence-corrected chi connectivity index (χ1v) is 11.7. The number of carbonyl (C=O) groups is 1. The molecule has 1 amide bonds. The summed E-state index contributed by atoms with van der Waals surface area (Å²) in [7, 11) is 0. The zero-order valence-corrected chi connectivity index (χ0v) is 18.4. The maximum atomic E-state index is 13.7. The summed E-state index contributed by atoms with van der Waals surface area (Å²) in [6.45, 7) is 3.83. The molecular weight excluding hydrogens is 398 g/mol. The van der Waals surface area contributed by atoms with E-state index >= 15 is 0 Å². The van der Waals surface area contributed by atoms with E-state index in [1.807, 2.05) is 47.4 Å². The molecule has 2 aliphatic heterocycles. The Hall–Kier alpha value is -3.12. The van der Waals surface area contributed by atoms with E-state index < -0.39 is 0 Å². The van der Waals surface area contributed by atoms with Crippen molar-refractivity contribution in [2.45, 2.75) is 44.7 Å². The van der Waals surface area contributed by atoms with E-state index in [1.54, 1.807) is 12.4 Å². The fraction of sp³-hybridized carbons (Fsp3) is 0.385. The van der Waals surface area contributed by atoms with Gasteiger partial charge in [-0.25, -0.2) is 9.97 Å². The molecule has 1 atom stereocenters. The molecule has 5 rings (SSSR count). The molecule has 4 heterocycles. The average molecular weight is 428 g/mol. The van der Waals surface area contributed by atoms with E-state index in [-0.39, 0.29) is 11.9 Å². The van der Waals surface area contributed by atoms with Crippen LogP contribution in [0.25, 0.3) is 11.5 Å². The highest BCUT2D eigenvalue weighted by atomic mass is 16.2. The van der Waals surface area contributed by atoms with Gasteiger partial charge in [-0.3, -0.25) is 14.7 Å². The second-order valence-electron chi connectivity index (χ2n) is 8.67. The van der Waals surface area contributed by atoms with Gasteiger partial charge in [0.25, 0.3) is 5.91 Å². The molecule has 0 saturated carbocycles. The number of amides is 1. The summed E-state index contributed by atoms with van der Waals surface area (Å²) in [5, 5.41) is 0. The predicted octanol–water partition coefficient (Wildman–Crippen LogP) is 4.50. The molecule has 0 bridgehead atoms. The molecule has 2 fully saturated rings. The van der Waals surface area contributed by atoms with E-state index in [0.717, 1.165) is 61.5 Å². The van der Waals surface area contributed by atoms with Crippen LogP contribution in [0, 0.1) is 0 Å². The Morgan fingerprint density at radius 2 is 1.72 bits per heavy atom. The molecular formula is C26H29N5O. The lowest BCUT2D eigenvalue weighted by Gasteiger charge is -2.29.